The molecule has 0 heterocycles. The van der Waals surface area contributed by atoms with Crippen LogP contribution in [-0.2, 0) is 9.47 Å². The predicted octanol–water partition coefficient (Wildman–Crippen LogP) is 2.00. The fraction of sp³-hybridized carbons (Fsp3) is 0.867. The van der Waals surface area contributed by atoms with Gasteiger partial charge in [-0.2, -0.15) is 0 Å². The number of aliphatic hydroxyl groups excluding tert-OH is 3. The second kappa shape index (κ2) is 42.8. The third kappa shape index (κ3) is 65.8. The fourth-order valence-electron chi connectivity index (χ4n) is 0.662. The first-order valence-corrected chi connectivity index (χ1v) is 7.14. The van der Waals surface area contributed by atoms with Gasteiger partial charge >= 0.3 is 0 Å². The van der Waals surface area contributed by atoms with Gasteiger partial charge in [-0.05, 0) is 12.8 Å². The highest BCUT2D eigenvalue weighted by molar-refractivity contribution is 4.30. The van der Waals surface area contributed by atoms with Crippen LogP contribution in [0.15, 0.2) is 13.2 Å². The quantitative estimate of drug-likeness (QED) is 0.448. The number of methoxy groups -OCH3 is 1. The number of rotatable bonds is 9. The zero-order valence-corrected chi connectivity index (χ0v) is 13.6. The van der Waals surface area contributed by atoms with Gasteiger partial charge in [-0.25, -0.2) is 0 Å². The van der Waals surface area contributed by atoms with E-state index in [0.717, 1.165) is 32.3 Å². The van der Waals surface area contributed by atoms with Crippen molar-refractivity contribution in [1.29, 1.82) is 0 Å². The van der Waals surface area contributed by atoms with Crippen molar-refractivity contribution >= 4 is 0 Å². The molecule has 0 unspecified atom stereocenters. The van der Waals surface area contributed by atoms with Crippen molar-refractivity contribution in [2.24, 2.45) is 0 Å². The second-order valence-corrected chi connectivity index (χ2v) is 3.48. The number of hydrogen-bond donors (Lipinski definition) is 3. The molecule has 0 bridgehead atoms. The van der Waals surface area contributed by atoms with Crippen LogP contribution < -0.4 is 0 Å². The molecule has 0 saturated heterocycles. The van der Waals surface area contributed by atoms with Crippen molar-refractivity contribution in [3.8, 4) is 0 Å². The summed E-state index contributed by atoms with van der Waals surface area (Å²) in [7, 11) is 1.55. The van der Waals surface area contributed by atoms with Crippen LogP contribution in [0.25, 0.3) is 0 Å². The van der Waals surface area contributed by atoms with Crippen molar-refractivity contribution < 1.29 is 24.8 Å². The van der Waals surface area contributed by atoms with Crippen LogP contribution in [0.2, 0.25) is 0 Å². The van der Waals surface area contributed by atoms with Crippen LogP contribution in [0.5, 0.6) is 0 Å². The summed E-state index contributed by atoms with van der Waals surface area (Å²) >= 11 is 0. The van der Waals surface area contributed by atoms with E-state index in [2.05, 4.69) is 31.7 Å². The van der Waals surface area contributed by atoms with E-state index in [1.165, 1.54) is 0 Å². The highest BCUT2D eigenvalue weighted by Crippen LogP contribution is 1.85. The van der Waals surface area contributed by atoms with Gasteiger partial charge in [0.2, 0.25) is 0 Å². The molecule has 0 saturated carbocycles. The van der Waals surface area contributed by atoms with E-state index >= 15 is 0 Å². The molecule has 0 aromatic carbocycles. The molecule has 0 aliphatic heterocycles. The molecule has 0 aliphatic rings. The predicted molar refractivity (Wildman–Crippen MR) is 85.0 cm³/mol. The summed E-state index contributed by atoms with van der Waals surface area (Å²) in [4.78, 5) is 0. The van der Waals surface area contributed by atoms with Gasteiger partial charge in [-0.3, -0.25) is 0 Å². The summed E-state index contributed by atoms with van der Waals surface area (Å²) in [5.41, 5.74) is 0. The van der Waals surface area contributed by atoms with Gasteiger partial charge in [0.15, 0.2) is 0 Å². The monoisotopic (exact) mass is 296 g/mol. The summed E-state index contributed by atoms with van der Waals surface area (Å²) in [5.74, 6) is 0. The summed E-state index contributed by atoms with van der Waals surface area (Å²) in [5, 5.41) is 24.2. The molecular weight excluding hydrogens is 260 g/mol. The van der Waals surface area contributed by atoms with Crippen LogP contribution in [0.1, 0.15) is 39.5 Å². The zero-order chi connectivity index (χ0) is 16.5. The van der Waals surface area contributed by atoms with E-state index in [4.69, 9.17) is 20.1 Å². The van der Waals surface area contributed by atoms with E-state index in [0.29, 0.717) is 19.8 Å². The van der Waals surface area contributed by atoms with E-state index in [9.17, 15) is 0 Å². The largest absolute Gasteiger partial charge is 0.396 e. The highest BCUT2D eigenvalue weighted by atomic mass is 16.5. The molecule has 5 heteroatoms. The van der Waals surface area contributed by atoms with Crippen LogP contribution >= 0.6 is 0 Å². The molecule has 0 atom stereocenters. The Morgan fingerprint density at radius 2 is 1.25 bits per heavy atom. The molecule has 0 aliphatic carbocycles. The van der Waals surface area contributed by atoms with E-state index in [1.54, 1.807) is 7.11 Å². The summed E-state index contributed by atoms with van der Waals surface area (Å²) in [6, 6.07) is 0. The average molecular weight is 296 g/mol. The minimum Gasteiger partial charge on any atom is -0.396 e. The van der Waals surface area contributed by atoms with Crippen LogP contribution in [0.4, 0.5) is 0 Å². The van der Waals surface area contributed by atoms with Gasteiger partial charge in [0.25, 0.3) is 0 Å². The lowest BCUT2D eigenvalue weighted by Gasteiger charge is -1.97. The standard InChI is InChI=1S/C6H14O2.C4H10O.C3H8O2.C2H4/c1-2-3-5-8-6-4-7;1-2-3-4-5;1-5-3-2-4;1-2/h7H,2-6H2,1H3;5H,2-4H2,1H3;4H,2-3H2,1H3;1-2H2. The maximum Gasteiger partial charge on any atom is 0.0697 e. The Kier molecular flexibility index (Phi) is 59.6. The third-order valence-electron chi connectivity index (χ3n) is 1.68. The lowest BCUT2D eigenvalue weighted by molar-refractivity contribution is 0.0904. The van der Waals surface area contributed by atoms with E-state index in [1.807, 2.05) is 0 Å². The van der Waals surface area contributed by atoms with Crippen LogP contribution in [-0.4, -0.2) is 62.1 Å². The number of hydrogen-bond acceptors (Lipinski definition) is 5. The number of unbranched alkanes of at least 4 members (excludes halogenated alkanes) is 2. The van der Waals surface area contributed by atoms with Gasteiger partial charge in [0, 0.05) is 20.3 Å². The Morgan fingerprint density at radius 1 is 0.750 bits per heavy atom. The maximum atomic E-state index is 8.24. The van der Waals surface area contributed by atoms with Gasteiger partial charge in [0.05, 0.1) is 26.4 Å². The zero-order valence-electron chi connectivity index (χ0n) is 13.6. The molecule has 3 N–H and O–H groups in total. The summed E-state index contributed by atoms with van der Waals surface area (Å²) in [6.45, 7) is 12.5. The van der Waals surface area contributed by atoms with Crippen molar-refractivity contribution in [3.63, 3.8) is 0 Å². The number of ether oxygens (including phenoxy) is 2. The van der Waals surface area contributed by atoms with Crippen molar-refractivity contribution in [3.05, 3.63) is 13.2 Å². The Bertz CT molecular complexity index is 96.4. The van der Waals surface area contributed by atoms with Crippen LogP contribution in [0, 0.1) is 0 Å². The van der Waals surface area contributed by atoms with E-state index < -0.39 is 0 Å². The van der Waals surface area contributed by atoms with Crippen molar-refractivity contribution in [2.45, 2.75) is 39.5 Å². The second-order valence-electron chi connectivity index (χ2n) is 3.48. The molecule has 0 fully saturated rings. The molecule has 0 rings (SSSR count). The molecule has 5 nitrogen and oxygen atoms in total. The summed E-state index contributed by atoms with van der Waals surface area (Å²) in [6.07, 6.45) is 4.29. The maximum absolute atomic E-state index is 8.24. The fourth-order valence-corrected chi connectivity index (χ4v) is 0.662. The van der Waals surface area contributed by atoms with Crippen molar-refractivity contribution in [1.82, 2.24) is 0 Å². The highest BCUT2D eigenvalue weighted by Gasteiger charge is 1.82. The Balaban J connectivity index is -0.0000000938. The normalized spacial score (nSPS) is 8.30. The molecule has 0 aromatic heterocycles. The number of aliphatic hydroxyl groups is 3. The molecule has 20 heavy (non-hydrogen) atoms. The molecule has 0 radical (unpaired) electrons. The third-order valence-corrected chi connectivity index (χ3v) is 1.68. The van der Waals surface area contributed by atoms with Gasteiger partial charge < -0.3 is 24.8 Å². The first-order chi connectivity index (χ1) is 9.74. The Labute approximate surface area is 125 Å². The smallest absolute Gasteiger partial charge is 0.0697 e. The first-order valence-electron chi connectivity index (χ1n) is 7.14. The van der Waals surface area contributed by atoms with Gasteiger partial charge in [-0.15, -0.1) is 13.2 Å². The molecule has 0 aromatic rings. The molecular formula is C15H36O5. The van der Waals surface area contributed by atoms with Gasteiger partial charge in [0.1, 0.15) is 0 Å². The lowest BCUT2D eigenvalue weighted by Crippen LogP contribution is -1.99. The average Bonchev–Trinajstić information content (AvgIpc) is 2.49. The Hall–Kier alpha value is -0.460. The Morgan fingerprint density at radius 3 is 1.45 bits per heavy atom. The SMILES string of the molecule is C=C.CCCCO.CCCCOCCO.COCCO. The molecule has 126 valence electrons. The topological polar surface area (TPSA) is 79.2 Å². The van der Waals surface area contributed by atoms with E-state index in [-0.39, 0.29) is 13.2 Å². The molecule has 0 amide bonds. The van der Waals surface area contributed by atoms with Gasteiger partial charge in [-0.1, -0.05) is 26.7 Å². The van der Waals surface area contributed by atoms with Crippen molar-refractivity contribution in [2.75, 3.05) is 46.8 Å². The molecule has 0 spiro atoms. The van der Waals surface area contributed by atoms with Crippen LogP contribution in [0.3, 0.4) is 0 Å². The minimum absolute atomic E-state index is 0.122. The first kappa shape index (κ1) is 27.8. The summed E-state index contributed by atoms with van der Waals surface area (Å²) < 4.78 is 9.41. The lowest BCUT2D eigenvalue weighted by atomic mass is 10.4. The minimum atomic E-state index is 0.122.